The van der Waals surface area contributed by atoms with E-state index in [1.807, 2.05) is 30.3 Å². The minimum atomic E-state index is -0.732. The first-order valence-electron chi connectivity index (χ1n) is 9.32. The molecule has 3 aromatic rings. The molecule has 8 nitrogen and oxygen atoms in total. The van der Waals surface area contributed by atoms with Crippen molar-refractivity contribution in [3.05, 3.63) is 65.9 Å². The van der Waals surface area contributed by atoms with Crippen LogP contribution in [0.1, 0.15) is 29.1 Å². The Bertz CT molecular complexity index is 1030. The molecule has 0 aliphatic rings. The van der Waals surface area contributed by atoms with Crippen LogP contribution in [0.3, 0.4) is 0 Å². The van der Waals surface area contributed by atoms with Crippen LogP contribution in [-0.4, -0.2) is 38.0 Å². The van der Waals surface area contributed by atoms with Crippen LogP contribution in [0, 0.1) is 0 Å². The standard InChI is InChI=1S/C22H22N2O6/c1-14(19-11-15-7-3-5-9-17(15)30-19)24-20(25)13-29-21(26)12-23-22(27)16-8-4-6-10-18(16)28-2/h3-11,14H,12-13H2,1-2H3,(H,23,27)(H,24,25)/t14-/m0/s1. The van der Waals surface area contributed by atoms with Crippen molar-refractivity contribution in [2.45, 2.75) is 13.0 Å². The van der Waals surface area contributed by atoms with E-state index in [0.29, 0.717) is 17.1 Å². The van der Waals surface area contributed by atoms with Gasteiger partial charge in [0.1, 0.15) is 23.6 Å². The minimum absolute atomic E-state index is 0.296. The summed E-state index contributed by atoms with van der Waals surface area (Å²) in [6, 6.07) is 15.6. The van der Waals surface area contributed by atoms with Crippen molar-refractivity contribution < 1.29 is 28.3 Å². The molecule has 1 aromatic heterocycles. The van der Waals surface area contributed by atoms with Crippen LogP contribution in [0.15, 0.2) is 59.0 Å². The summed E-state index contributed by atoms with van der Waals surface area (Å²) in [6.07, 6.45) is 0. The maximum Gasteiger partial charge on any atom is 0.325 e. The first-order valence-corrected chi connectivity index (χ1v) is 9.32. The Hall–Kier alpha value is -3.81. The lowest BCUT2D eigenvalue weighted by atomic mass is 10.2. The van der Waals surface area contributed by atoms with Gasteiger partial charge in [-0.05, 0) is 31.2 Å². The summed E-state index contributed by atoms with van der Waals surface area (Å²) in [7, 11) is 1.45. The van der Waals surface area contributed by atoms with E-state index in [0.717, 1.165) is 11.0 Å². The molecule has 1 heterocycles. The number of hydrogen-bond donors (Lipinski definition) is 2. The number of amides is 2. The van der Waals surface area contributed by atoms with Crippen molar-refractivity contribution >= 4 is 28.8 Å². The van der Waals surface area contributed by atoms with Gasteiger partial charge in [-0.3, -0.25) is 14.4 Å². The van der Waals surface area contributed by atoms with E-state index in [4.69, 9.17) is 13.9 Å². The number of carbonyl (C=O) groups is 3. The van der Waals surface area contributed by atoms with Crippen LogP contribution < -0.4 is 15.4 Å². The molecule has 0 spiro atoms. The van der Waals surface area contributed by atoms with Gasteiger partial charge in [-0.1, -0.05) is 30.3 Å². The van der Waals surface area contributed by atoms with Gasteiger partial charge in [-0.2, -0.15) is 0 Å². The highest BCUT2D eigenvalue weighted by Gasteiger charge is 2.17. The third-order valence-corrected chi connectivity index (χ3v) is 4.36. The largest absolute Gasteiger partial charge is 0.496 e. The first kappa shape index (κ1) is 20.9. The molecule has 0 fully saturated rings. The molecule has 1 atom stereocenters. The fraction of sp³-hybridized carbons (Fsp3) is 0.227. The minimum Gasteiger partial charge on any atom is -0.496 e. The fourth-order valence-corrected chi connectivity index (χ4v) is 2.85. The van der Waals surface area contributed by atoms with Gasteiger partial charge in [0.2, 0.25) is 0 Å². The molecule has 0 radical (unpaired) electrons. The van der Waals surface area contributed by atoms with Gasteiger partial charge in [0, 0.05) is 5.39 Å². The van der Waals surface area contributed by atoms with E-state index in [-0.39, 0.29) is 6.54 Å². The average Bonchev–Trinajstić information content (AvgIpc) is 3.20. The third-order valence-electron chi connectivity index (χ3n) is 4.36. The molecule has 8 heteroatoms. The van der Waals surface area contributed by atoms with Gasteiger partial charge in [-0.25, -0.2) is 0 Å². The molecular formula is C22H22N2O6. The molecule has 0 bridgehead atoms. The van der Waals surface area contributed by atoms with Gasteiger partial charge < -0.3 is 24.5 Å². The second-order valence-electron chi connectivity index (χ2n) is 6.52. The van der Waals surface area contributed by atoms with Gasteiger partial charge in [-0.15, -0.1) is 0 Å². The van der Waals surface area contributed by atoms with Crippen LogP contribution in [0.5, 0.6) is 5.75 Å². The number of nitrogens with one attached hydrogen (secondary N) is 2. The highest BCUT2D eigenvalue weighted by Crippen LogP contribution is 2.23. The lowest BCUT2D eigenvalue weighted by Crippen LogP contribution is -2.34. The van der Waals surface area contributed by atoms with Gasteiger partial charge in [0.25, 0.3) is 11.8 Å². The Morgan fingerprint density at radius 2 is 1.80 bits per heavy atom. The Morgan fingerprint density at radius 1 is 1.07 bits per heavy atom. The summed E-state index contributed by atoms with van der Waals surface area (Å²) in [6.45, 7) is 0.933. The molecule has 0 saturated heterocycles. The quantitative estimate of drug-likeness (QED) is 0.553. The number of carbonyl (C=O) groups excluding carboxylic acids is 3. The number of methoxy groups -OCH3 is 1. The Morgan fingerprint density at radius 3 is 2.57 bits per heavy atom. The molecule has 30 heavy (non-hydrogen) atoms. The monoisotopic (exact) mass is 410 g/mol. The molecule has 2 amide bonds. The van der Waals surface area contributed by atoms with Crippen molar-refractivity contribution in [1.29, 1.82) is 0 Å². The molecule has 0 saturated carbocycles. The number of para-hydroxylation sites is 2. The first-order chi connectivity index (χ1) is 14.5. The van der Waals surface area contributed by atoms with Crippen molar-refractivity contribution in [2.24, 2.45) is 0 Å². The van der Waals surface area contributed by atoms with Crippen molar-refractivity contribution in [3.8, 4) is 5.75 Å². The number of rotatable bonds is 8. The van der Waals surface area contributed by atoms with E-state index in [1.165, 1.54) is 7.11 Å². The highest BCUT2D eigenvalue weighted by molar-refractivity contribution is 5.98. The van der Waals surface area contributed by atoms with Crippen LogP contribution in [-0.2, 0) is 14.3 Å². The molecule has 0 aliphatic carbocycles. The van der Waals surface area contributed by atoms with Crippen LogP contribution in [0.25, 0.3) is 11.0 Å². The number of fused-ring (bicyclic) bond motifs is 1. The van der Waals surface area contributed by atoms with E-state index in [9.17, 15) is 14.4 Å². The number of furan rings is 1. The fourth-order valence-electron chi connectivity index (χ4n) is 2.85. The third kappa shape index (κ3) is 5.16. The number of benzene rings is 2. The van der Waals surface area contributed by atoms with E-state index >= 15 is 0 Å². The summed E-state index contributed by atoms with van der Waals surface area (Å²) in [4.78, 5) is 36.1. The number of hydrogen-bond acceptors (Lipinski definition) is 6. The SMILES string of the molecule is COc1ccccc1C(=O)NCC(=O)OCC(=O)N[C@@H](C)c1cc2ccccc2o1. The van der Waals surface area contributed by atoms with Crippen molar-refractivity contribution in [1.82, 2.24) is 10.6 Å². The Kier molecular flexibility index (Phi) is 6.69. The van der Waals surface area contributed by atoms with E-state index in [1.54, 1.807) is 31.2 Å². The van der Waals surface area contributed by atoms with Gasteiger partial charge in [0.15, 0.2) is 6.61 Å². The predicted molar refractivity (Wildman–Crippen MR) is 109 cm³/mol. The zero-order chi connectivity index (χ0) is 21.5. The van der Waals surface area contributed by atoms with Gasteiger partial charge in [0.05, 0.1) is 18.7 Å². The van der Waals surface area contributed by atoms with E-state index in [2.05, 4.69) is 10.6 Å². The summed E-state index contributed by atoms with van der Waals surface area (Å²) < 4.78 is 15.7. The molecule has 2 aromatic carbocycles. The van der Waals surface area contributed by atoms with Crippen LogP contribution in [0.4, 0.5) is 0 Å². The highest BCUT2D eigenvalue weighted by atomic mass is 16.5. The lowest BCUT2D eigenvalue weighted by Gasteiger charge is -2.12. The van der Waals surface area contributed by atoms with Crippen LogP contribution in [0.2, 0.25) is 0 Å². The molecular weight excluding hydrogens is 388 g/mol. The summed E-state index contributed by atoms with van der Waals surface area (Å²) in [5.41, 5.74) is 1.02. The van der Waals surface area contributed by atoms with Crippen LogP contribution >= 0.6 is 0 Å². The van der Waals surface area contributed by atoms with Crippen molar-refractivity contribution in [2.75, 3.05) is 20.3 Å². The molecule has 156 valence electrons. The summed E-state index contributed by atoms with van der Waals surface area (Å²) >= 11 is 0. The molecule has 0 aliphatic heterocycles. The number of ether oxygens (including phenoxy) is 2. The van der Waals surface area contributed by atoms with E-state index < -0.39 is 30.4 Å². The van der Waals surface area contributed by atoms with Crippen molar-refractivity contribution in [3.63, 3.8) is 0 Å². The summed E-state index contributed by atoms with van der Waals surface area (Å²) in [5, 5.41) is 6.08. The normalized spacial score (nSPS) is 11.5. The second-order valence-corrected chi connectivity index (χ2v) is 6.52. The molecule has 3 rings (SSSR count). The predicted octanol–water partition coefficient (Wildman–Crippen LogP) is 2.59. The maximum absolute atomic E-state index is 12.2. The van der Waals surface area contributed by atoms with Gasteiger partial charge >= 0.3 is 5.97 Å². The Balaban J connectivity index is 1.44. The summed E-state index contributed by atoms with van der Waals surface area (Å²) in [5.74, 6) is -0.702. The molecule has 0 unspecified atom stereocenters. The topological polar surface area (TPSA) is 107 Å². The molecule has 2 N–H and O–H groups in total. The lowest BCUT2D eigenvalue weighted by molar-refractivity contribution is -0.147. The maximum atomic E-state index is 12.2. The average molecular weight is 410 g/mol. The zero-order valence-corrected chi connectivity index (χ0v) is 16.6. The number of esters is 1. The zero-order valence-electron chi connectivity index (χ0n) is 16.6. The Labute approximate surface area is 173 Å². The smallest absolute Gasteiger partial charge is 0.325 e. The second kappa shape index (κ2) is 9.60.